The van der Waals surface area contributed by atoms with Gasteiger partial charge in [0, 0.05) is 19.6 Å². The SMILES string of the molecule is C=CCn1ncc(NCC2CNCCO2)c(Br)c1=O. The number of hydrogen-bond acceptors (Lipinski definition) is 5. The number of nitrogens with zero attached hydrogens (tertiary/aromatic N) is 2. The molecular formula is C12H17BrN4O2. The highest BCUT2D eigenvalue weighted by Crippen LogP contribution is 2.16. The summed E-state index contributed by atoms with van der Waals surface area (Å²) in [5.41, 5.74) is 0.507. The number of allylic oxidation sites excluding steroid dienone is 1. The highest BCUT2D eigenvalue weighted by molar-refractivity contribution is 9.10. The summed E-state index contributed by atoms with van der Waals surface area (Å²) in [5.74, 6) is 0. The predicted molar refractivity (Wildman–Crippen MR) is 77.5 cm³/mol. The van der Waals surface area contributed by atoms with Crippen molar-refractivity contribution in [3.63, 3.8) is 0 Å². The molecule has 6 nitrogen and oxygen atoms in total. The van der Waals surface area contributed by atoms with E-state index in [4.69, 9.17) is 4.74 Å². The zero-order valence-corrected chi connectivity index (χ0v) is 12.1. The lowest BCUT2D eigenvalue weighted by Crippen LogP contribution is -2.42. The Morgan fingerprint density at radius 1 is 1.74 bits per heavy atom. The molecule has 1 aliphatic heterocycles. The highest BCUT2D eigenvalue weighted by Gasteiger charge is 2.14. The Balaban J connectivity index is 2.02. The van der Waals surface area contributed by atoms with Gasteiger partial charge in [-0.1, -0.05) is 6.08 Å². The minimum absolute atomic E-state index is 0.108. The van der Waals surface area contributed by atoms with Crippen LogP contribution < -0.4 is 16.2 Å². The predicted octanol–water partition coefficient (Wildman–Crippen LogP) is 0.592. The van der Waals surface area contributed by atoms with Gasteiger partial charge in [0.2, 0.25) is 0 Å². The lowest BCUT2D eigenvalue weighted by molar-refractivity contribution is 0.0372. The number of aromatic nitrogens is 2. The van der Waals surface area contributed by atoms with Gasteiger partial charge in [-0.25, -0.2) is 4.68 Å². The minimum atomic E-state index is -0.174. The van der Waals surface area contributed by atoms with Crippen LogP contribution >= 0.6 is 15.9 Å². The first-order chi connectivity index (χ1) is 9.22. The van der Waals surface area contributed by atoms with Gasteiger partial charge < -0.3 is 15.4 Å². The Hall–Kier alpha value is -1.18. The number of morpholine rings is 1. The van der Waals surface area contributed by atoms with E-state index in [1.165, 1.54) is 4.68 Å². The maximum Gasteiger partial charge on any atom is 0.283 e. The Morgan fingerprint density at radius 3 is 3.26 bits per heavy atom. The average Bonchev–Trinajstić information content (AvgIpc) is 2.44. The van der Waals surface area contributed by atoms with E-state index >= 15 is 0 Å². The van der Waals surface area contributed by atoms with Crippen LogP contribution in [0.4, 0.5) is 5.69 Å². The van der Waals surface area contributed by atoms with Crippen LogP contribution in [0, 0.1) is 0 Å². The van der Waals surface area contributed by atoms with Gasteiger partial charge in [0.25, 0.3) is 5.56 Å². The average molecular weight is 329 g/mol. The molecule has 19 heavy (non-hydrogen) atoms. The molecule has 2 heterocycles. The van der Waals surface area contributed by atoms with Gasteiger partial charge in [-0.15, -0.1) is 6.58 Å². The molecule has 0 radical (unpaired) electrons. The molecular weight excluding hydrogens is 312 g/mol. The molecule has 0 aromatic carbocycles. The Kier molecular flexibility index (Phi) is 5.12. The molecule has 0 aliphatic carbocycles. The van der Waals surface area contributed by atoms with Crippen molar-refractivity contribution >= 4 is 21.6 Å². The molecule has 0 amide bonds. The number of hydrogen-bond donors (Lipinski definition) is 2. The fourth-order valence-corrected chi connectivity index (χ4v) is 2.26. The second kappa shape index (κ2) is 6.83. The van der Waals surface area contributed by atoms with E-state index in [2.05, 4.69) is 38.2 Å². The summed E-state index contributed by atoms with van der Waals surface area (Å²) in [6, 6.07) is 0. The fourth-order valence-electron chi connectivity index (χ4n) is 1.82. The van der Waals surface area contributed by atoms with Crippen LogP contribution in [0.25, 0.3) is 0 Å². The molecule has 1 unspecified atom stereocenters. The second-order valence-electron chi connectivity index (χ2n) is 4.23. The molecule has 1 aromatic rings. The number of halogens is 1. The molecule has 7 heteroatoms. The summed E-state index contributed by atoms with van der Waals surface area (Å²) in [5, 5.41) is 10.5. The highest BCUT2D eigenvalue weighted by atomic mass is 79.9. The first kappa shape index (κ1) is 14.2. The zero-order valence-electron chi connectivity index (χ0n) is 10.6. The van der Waals surface area contributed by atoms with Gasteiger partial charge in [-0.05, 0) is 15.9 Å². The van der Waals surface area contributed by atoms with Gasteiger partial charge in [0.05, 0.1) is 31.1 Å². The van der Waals surface area contributed by atoms with E-state index < -0.39 is 0 Å². The van der Waals surface area contributed by atoms with Crippen molar-refractivity contribution in [3.05, 3.63) is 33.7 Å². The maximum absolute atomic E-state index is 12.0. The van der Waals surface area contributed by atoms with Crippen molar-refractivity contribution in [2.24, 2.45) is 0 Å². The molecule has 0 spiro atoms. The van der Waals surface area contributed by atoms with Gasteiger partial charge in [0.1, 0.15) is 4.47 Å². The van der Waals surface area contributed by atoms with Crippen molar-refractivity contribution in [1.29, 1.82) is 0 Å². The lowest BCUT2D eigenvalue weighted by Gasteiger charge is -2.24. The van der Waals surface area contributed by atoms with Crippen molar-refractivity contribution in [3.8, 4) is 0 Å². The van der Waals surface area contributed by atoms with Crippen LogP contribution in [-0.2, 0) is 11.3 Å². The smallest absolute Gasteiger partial charge is 0.283 e. The van der Waals surface area contributed by atoms with Crippen molar-refractivity contribution in [1.82, 2.24) is 15.1 Å². The molecule has 1 atom stereocenters. The van der Waals surface area contributed by atoms with Gasteiger partial charge in [-0.2, -0.15) is 5.10 Å². The summed E-state index contributed by atoms with van der Waals surface area (Å²) in [6.07, 6.45) is 3.37. The normalized spacial score (nSPS) is 19.1. The summed E-state index contributed by atoms with van der Waals surface area (Å²) in [6.45, 7) is 7.04. The molecule has 1 fully saturated rings. The maximum atomic E-state index is 12.0. The van der Waals surface area contributed by atoms with Crippen LogP contribution in [0.1, 0.15) is 0 Å². The van der Waals surface area contributed by atoms with E-state index in [-0.39, 0.29) is 11.7 Å². The Morgan fingerprint density at radius 2 is 2.58 bits per heavy atom. The number of rotatable bonds is 5. The molecule has 0 saturated carbocycles. The van der Waals surface area contributed by atoms with Crippen LogP contribution in [0.3, 0.4) is 0 Å². The fraction of sp³-hybridized carbons (Fsp3) is 0.500. The van der Waals surface area contributed by atoms with Crippen molar-refractivity contribution in [2.75, 3.05) is 31.6 Å². The first-order valence-corrected chi connectivity index (χ1v) is 6.94. The molecule has 2 rings (SSSR count). The topological polar surface area (TPSA) is 68.2 Å². The summed E-state index contributed by atoms with van der Waals surface area (Å²) in [4.78, 5) is 12.0. The number of nitrogens with one attached hydrogen (secondary N) is 2. The van der Waals surface area contributed by atoms with Crippen LogP contribution in [0.15, 0.2) is 28.1 Å². The molecule has 0 bridgehead atoms. The third-order valence-electron chi connectivity index (χ3n) is 2.81. The summed E-state index contributed by atoms with van der Waals surface area (Å²) >= 11 is 3.30. The van der Waals surface area contributed by atoms with E-state index in [0.29, 0.717) is 29.9 Å². The van der Waals surface area contributed by atoms with Gasteiger partial charge in [-0.3, -0.25) is 4.79 Å². The van der Waals surface area contributed by atoms with Crippen molar-refractivity contribution < 1.29 is 4.74 Å². The zero-order chi connectivity index (χ0) is 13.7. The molecule has 1 saturated heterocycles. The lowest BCUT2D eigenvalue weighted by atomic mass is 10.3. The van der Waals surface area contributed by atoms with Gasteiger partial charge >= 0.3 is 0 Å². The number of ether oxygens (including phenoxy) is 1. The van der Waals surface area contributed by atoms with Gasteiger partial charge in [0.15, 0.2) is 0 Å². The quantitative estimate of drug-likeness (QED) is 0.774. The summed E-state index contributed by atoms with van der Waals surface area (Å²) < 4.78 is 7.40. The van der Waals surface area contributed by atoms with Crippen LogP contribution in [-0.4, -0.2) is 42.1 Å². The molecule has 1 aromatic heterocycles. The molecule has 2 N–H and O–H groups in total. The van der Waals surface area contributed by atoms with E-state index in [9.17, 15) is 4.79 Å². The minimum Gasteiger partial charge on any atom is -0.380 e. The Bertz CT molecular complexity index is 497. The standard InChI is InChI=1S/C12H17BrN4O2/c1-2-4-17-12(18)11(13)10(8-16-17)15-7-9-6-14-3-5-19-9/h2,8-9,14-15H,1,3-7H2. The third-order valence-corrected chi connectivity index (χ3v) is 3.58. The van der Waals surface area contributed by atoms with E-state index in [0.717, 1.165) is 13.1 Å². The molecule has 1 aliphatic rings. The summed E-state index contributed by atoms with van der Waals surface area (Å²) in [7, 11) is 0. The first-order valence-electron chi connectivity index (χ1n) is 6.15. The van der Waals surface area contributed by atoms with Crippen LogP contribution in [0.2, 0.25) is 0 Å². The van der Waals surface area contributed by atoms with E-state index in [1.807, 2.05) is 0 Å². The largest absolute Gasteiger partial charge is 0.380 e. The number of anilines is 1. The van der Waals surface area contributed by atoms with Crippen molar-refractivity contribution in [2.45, 2.75) is 12.6 Å². The molecule has 104 valence electrons. The Labute approximate surface area is 120 Å². The second-order valence-corrected chi connectivity index (χ2v) is 5.02. The monoisotopic (exact) mass is 328 g/mol. The third kappa shape index (κ3) is 3.65. The van der Waals surface area contributed by atoms with Crippen LogP contribution in [0.5, 0.6) is 0 Å². The van der Waals surface area contributed by atoms with E-state index in [1.54, 1.807) is 12.3 Å².